The summed E-state index contributed by atoms with van der Waals surface area (Å²) in [6.45, 7) is 3.03. The number of primary amides is 1. The number of fused-ring (bicyclic) bond motifs is 3. The lowest BCUT2D eigenvalue weighted by Gasteiger charge is -2.08. The second kappa shape index (κ2) is 7.57. The number of amides is 1. The third-order valence-electron chi connectivity index (χ3n) is 5.21. The predicted molar refractivity (Wildman–Crippen MR) is 115 cm³/mol. The van der Waals surface area contributed by atoms with Crippen molar-refractivity contribution in [3.05, 3.63) is 69.9 Å². The maximum absolute atomic E-state index is 12.0. The maximum atomic E-state index is 12.0. The summed E-state index contributed by atoms with van der Waals surface area (Å²) in [5, 5.41) is 6.36. The zero-order chi connectivity index (χ0) is 18.8. The van der Waals surface area contributed by atoms with Gasteiger partial charge in [0.2, 0.25) is 5.91 Å². The molecule has 0 aliphatic heterocycles. The molecule has 2 aromatic carbocycles. The van der Waals surface area contributed by atoms with E-state index in [2.05, 4.69) is 52.6 Å². The first kappa shape index (κ1) is 17.8. The normalized spacial score (nSPS) is 11.4. The number of aromatic nitrogens is 1. The SMILES string of the molecule is CCCCCc1ccc2c3c(C(N)=O)cccc3n(Cc3ccsc3)c2c1. The third kappa shape index (κ3) is 3.37. The molecule has 138 valence electrons. The smallest absolute Gasteiger partial charge is 0.249 e. The molecule has 1 amide bonds. The van der Waals surface area contributed by atoms with Gasteiger partial charge in [0, 0.05) is 28.4 Å². The number of unbranched alkanes of at least 4 members (excludes halogenated alkanes) is 2. The fraction of sp³-hybridized carbons (Fsp3) is 0.261. The van der Waals surface area contributed by atoms with Gasteiger partial charge in [-0.05, 0) is 59.0 Å². The molecule has 2 aromatic heterocycles. The number of carbonyl (C=O) groups is 1. The lowest BCUT2D eigenvalue weighted by Crippen LogP contribution is -2.11. The highest BCUT2D eigenvalue weighted by atomic mass is 32.1. The molecular formula is C23H24N2OS. The highest BCUT2D eigenvalue weighted by Gasteiger charge is 2.17. The fourth-order valence-corrected chi connectivity index (χ4v) is 4.53. The highest BCUT2D eigenvalue weighted by Crippen LogP contribution is 2.33. The summed E-state index contributed by atoms with van der Waals surface area (Å²) in [4.78, 5) is 12.0. The van der Waals surface area contributed by atoms with E-state index in [-0.39, 0.29) is 5.91 Å². The molecule has 0 aliphatic rings. The molecule has 0 aliphatic carbocycles. The lowest BCUT2D eigenvalue weighted by atomic mass is 10.0. The molecule has 2 N–H and O–H groups in total. The largest absolute Gasteiger partial charge is 0.366 e. The summed E-state index contributed by atoms with van der Waals surface area (Å²) in [6, 6.07) is 14.7. The second-order valence-electron chi connectivity index (χ2n) is 7.09. The molecule has 0 saturated carbocycles. The van der Waals surface area contributed by atoms with Crippen LogP contribution in [-0.2, 0) is 13.0 Å². The Kier molecular flexibility index (Phi) is 4.99. The number of aryl methyl sites for hydroxylation is 1. The van der Waals surface area contributed by atoms with E-state index in [9.17, 15) is 4.79 Å². The van der Waals surface area contributed by atoms with Crippen LogP contribution in [0, 0.1) is 0 Å². The standard InChI is InChI=1S/C23H24N2OS/c1-2-3-4-6-16-9-10-18-21(13-16)25(14-17-11-12-27-15-17)20-8-5-7-19(22(18)20)23(24)26/h5,7-13,15H,2-4,6,14H2,1H3,(H2,24,26). The van der Waals surface area contributed by atoms with Crippen LogP contribution in [0.1, 0.15) is 47.7 Å². The number of nitrogens with two attached hydrogens (primary N) is 1. The van der Waals surface area contributed by atoms with Gasteiger partial charge in [-0.15, -0.1) is 0 Å². The van der Waals surface area contributed by atoms with Crippen molar-refractivity contribution in [2.75, 3.05) is 0 Å². The monoisotopic (exact) mass is 376 g/mol. The number of hydrogen-bond donors (Lipinski definition) is 1. The molecule has 0 fully saturated rings. The minimum atomic E-state index is -0.373. The second-order valence-corrected chi connectivity index (χ2v) is 7.87. The van der Waals surface area contributed by atoms with Gasteiger partial charge < -0.3 is 10.3 Å². The number of nitrogens with zero attached hydrogens (tertiary/aromatic N) is 1. The van der Waals surface area contributed by atoms with E-state index in [1.807, 2.05) is 12.1 Å². The van der Waals surface area contributed by atoms with Crippen LogP contribution in [0.2, 0.25) is 0 Å². The van der Waals surface area contributed by atoms with Gasteiger partial charge in [-0.25, -0.2) is 0 Å². The predicted octanol–water partition coefficient (Wildman–Crippen LogP) is 5.74. The Morgan fingerprint density at radius 3 is 2.70 bits per heavy atom. The van der Waals surface area contributed by atoms with Crippen molar-refractivity contribution in [1.29, 1.82) is 0 Å². The Balaban J connectivity index is 1.92. The molecule has 27 heavy (non-hydrogen) atoms. The van der Waals surface area contributed by atoms with E-state index >= 15 is 0 Å². The van der Waals surface area contributed by atoms with Crippen molar-refractivity contribution in [3.63, 3.8) is 0 Å². The van der Waals surface area contributed by atoms with Gasteiger partial charge in [0.25, 0.3) is 0 Å². The maximum Gasteiger partial charge on any atom is 0.249 e. The first-order valence-corrected chi connectivity index (χ1v) is 10.5. The van der Waals surface area contributed by atoms with Gasteiger partial charge in [0.15, 0.2) is 0 Å². The summed E-state index contributed by atoms with van der Waals surface area (Å²) in [7, 11) is 0. The molecule has 0 spiro atoms. The molecule has 4 heteroatoms. The Morgan fingerprint density at radius 2 is 1.96 bits per heavy atom. The van der Waals surface area contributed by atoms with E-state index < -0.39 is 0 Å². The highest BCUT2D eigenvalue weighted by molar-refractivity contribution is 7.07. The van der Waals surface area contributed by atoms with Crippen molar-refractivity contribution >= 4 is 39.0 Å². The van der Waals surface area contributed by atoms with Crippen molar-refractivity contribution in [2.24, 2.45) is 5.73 Å². The van der Waals surface area contributed by atoms with E-state index in [0.29, 0.717) is 5.56 Å². The van der Waals surface area contributed by atoms with Gasteiger partial charge in [-0.1, -0.05) is 38.0 Å². The van der Waals surface area contributed by atoms with Crippen LogP contribution < -0.4 is 5.73 Å². The van der Waals surface area contributed by atoms with Crippen LogP contribution in [0.4, 0.5) is 0 Å². The molecule has 4 rings (SSSR count). The van der Waals surface area contributed by atoms with Gasteiger partial charge >= 0.3 is 0 Å². The average molecular weight is 377 g/mol. The average Bonchev–Trinajstić information content (AvgIpc) is 3.29. The summed E-state index contributed by atoms with van der Waals surface area (Å²) in [5.41, 5.74) is 11.2. The number of thiophene rings is 1. The summed E-state index contributed by atoms with van der Waals surface area (Å²) in [6.07, 6.45) is 4.77. The van der Waals surface area contributed by atoms with E-state index in [1.165, 1.54) is 35.9 Å². The number of hydrogen-bond acceptors (Lipinski definition) is 2. The van der Waals surface area contributed by atoms with Gasteiger partial charge in [0.1, 0.15) is 0 Å². The summed E-state index contributed by atoms with van der Waals surface area (Å²) >= 11 is 1.71. The molecule has 4 aromatic rings. The Morgan fingerprint density at radius 1 is 1.07 bits per heavy atom. The molecule has 0 radical (unpaired) electrons. The molecule has 2 heterocycles. The van der Waals surface area contributed by atoms with Gasteiger partial charge in [-0.2, -0.15) is 11.3 Å². The van der Waals surface area contributed by atoms with Crippen molar-refractivity contribution < 1.29 is 4.79 Å². The Labute approximate surface area is 163 Å². The van der Waals surface area contributed by atoms with Crippen LogP contribution in [0.5, 0.6) is 0 Å². The van der Waals surface area contributed by atoms with Gasteiger partial charge in [-0.3, -0.25) is 4.79 Å². The minimum absolute atomic E-state index is 0.373. The summed E-state index contributed by atoms with van der Waals surface area (Å²) < 4.78 is 2.32. The quantitative estimate of drug-likeness (QED) is 0.411. The van der Waals surface area contributed by atoms with E-state index in [0.717, 1.165) is 29.3 Å². The van der Waals surface area contributed by atoms with Crippen LogP contribution in [0.3, 0.4) is 0 Å². The molecule has 0 bridgehead atoms. The van der Waals surface area contributed by atoms with Crippen LogP contribution >= 0.6 is 11.3 Å². The number of rotatable bonds is 7. The minimum Gasteiger partial charge on any atom is -0.366 e. The first-order chi connectivity index (χ1) is 13.2. The Bertz CT molecular complexity index is 1090. The van der Waals surface area contributed by atoms with Crippen LogP contribution in [0.15, 0.2) is 53.2 Å². The van der Waals surface area contributed by atoms with Crippen molar-refractivity contribution in [1.82, 2.24) is 4.57 Å². The number of carbonyl (C=O) groups excluding carboxylic acids is 1. The third-order valence-corrected chi connectivity index (χ3v) is 5.94. The topological polar surface area (TPSA) is 48.0 Å². The molecule has 3 nitrogen and oxygen atoms in total. The number of benzene rings is 2. The zero-order valence-corrected chi connectivity index (χ0v) is 16.4. The van der Waals surface area contributed by atoms with E-state index in [1.54, 1.807) is 11.3 Å². The lowest BCUT2D eigenvalue weighted by molar-refractivity contribution is 0.100. The zero-order valence-electron chi connectivity index (χ0n) is 15.6. The molecular weight excluding hydrogens is 352 g/mol. The van der Waals surface area contributed by atoms with Crippen LogP contribution in [0.25, 0.3) is 21.8 Å². The molecule has 0 saturated heterocycles. The first-order valence-electron chi connectivity index (χ1n) is 9.53. The molecule has 0 unspecified atom stereocenters. The fourth-order valence-electron chi connectivity index (χ4n) is 3.87. The van der Waals surface area contributed by atoms with Crippen LogP contribution in [-0.4, -0.2) is 10.5 Å². The van der Waals surface area contributed by atoms with Crippen molar-refractivity contribution in [2.45, 2.75) is 39.2 Å². The van der Waals surface area contributed by atoms with E-state index in [4.69, 9.17) is 5.73 Å². The van der Waals surface area contributed by atoms with Crippen molar-refractivity contribution in [3.8, 4) is 0 Å². The Hall–Kier alpha value is -2.59. The van der Waals surface area contributed by atoms with Gasteiger partial charge in [0.05, 0.1) is 5.52 Å². The molecule has 0 atom stereocenters. The summed E-state index contributed by atoms with van der Waals surface area (Å²) in [5.74, 6) is -0.373.